The topological polar surface area (TPSA) is 78.9 Å². The van der Waals surface area contributed by atoms with E-state index >= 15 is 0 Å². The Labute approximate surface area is 501 Å². The third-order valence-corrected chi connectivity index (χ3v) is 17.4. The molecule has 0 aliphatic heterocycles. The summed E-state index contributed by atoms with van der Waals surface area (Å²) >= 11 is 0. The normalized spacial score (nSPS) is 11.9. The highest BCUT2D eigenvalue weighted by Gasteiger charge is 2.20. The monoisotopic (exact) mass is 1130 g/mol. The van der Waals surface area contributed by atoms with E-state index in [0.29, 0.717) is 19.3 Å². The second-order valence-electron chi connectivity index (χ2n) is 25.6. The minimum absolute atomic E-state index is 0.0616. The van der Waals surface area contributed by atoms with Crippen LogP contribution >= 0.6 is 0 Å². The molecule has 0 amide bonds. The molecule has 1 atom stereocenters. The third-order valence-electron chi connectivity index (χ3n) is 17.4. The highest BCUT2D eigenvalue weighted by molar-refractivity contribution is 5.71. The van der Waals surface area contributed by atoms with Crippen molar-refractivity contribution in [2.45, 2.75) is 444 Å². The Morgan fingerprint density at radius 3 is 0.500 bits per heavy atom. The predicted molar refractivity (Wildman–Crippen MR) is 349 cm³/mol. The van der Waals surface area contributed by atoms with Crippen LogP contribution in [0, 0.1) is 0 Å². The molecule has 0 saturated heterocycles. The maximum Gasteiger partial charge on any atom is 0.306 e. The van der Waals surface area contributed by atoms with Gasteiger partial charge in [-0.1, -0.05) is 400 Å². The van der Waals surface area contributed by atoms with E-state index in [1.807, 2.05) is 0 Å². The number of carbonyl (C=O) groups excluding carboxylic acids is 3. The van der Waals surface area contributed by atoms with Gasteiger partial charge in [0.1, 0.15) is 13.2 Å². The molecule has 6 nitrogen and oxygen atoms in total. The maximum atomic E-state index is 12.9. The van der Waals surface area contributed by atoms with E-state index < -0.39 is 6.10 Å². The van der Waals surface area contributed by atoms with Crippen LogP contribution in [0.25, 0.3) is 0 Å². The van der Waals surface area contributed by atoms with E-state index in [-0.39, 0.29) is 31.1 Å². The first kappa shape index (κ1) is 78.4. The number of esters is 3. The lowest BCUT2D eigenvalue weighted by Crippen LogP contribution is -2.30. The van der Waals surface area contributed by atoms with Gasteiger partial charge in [-0.05, 0) is 19.3 Å². The second kappa shape index (κ2) is 69.9. The highest BCUT2D eigenvalue weighted by Crippen LogP contribution is 2.20. The third kappa shape index (κ3) is 67.2. The highest BCUT2D eigenvalue weighted by atomic mass is 16.6. The molecule has 0 bridgehead atoms. The van der Waals surface area contributed by atoms with E-state index in [9.17, 15) is 14.4 Å². The lowest BCUT2D eigenvalue weighted by atomic mass is 10.0. The summed E-state index contributed by atoms with van der Waals surface area (Å²) in [5.74, 6) is -0.836. The quantitative estimate of drug-likeness (QED) is 0.0343. The van der Waals surface area contributed by atoms with Gasteiger partial charge in [-0.25, -0.2) is 0 Å². The Morgan fingerprint density at radius 1 is 0.200 bits per heavy atom. The Morgan fingerprint density at radius 2 is 0.338 bits per heavy atom. The van der Waals surface area contributed by atoms with Crippen LogP contribution in [0.4, 0.5) is 0 Å². The van der Waals surface area contributed by atoms with Gasteiger partial charge in [0.2, 0.25) is 0 Å². The first-order valence-electron chi connectivity index (χ1n) is 37.0. The van der Waals surface area contributed by atoms with Gasteiger partial charge in [0.25, 0.3) is 0 Å². The number of rotatable bonds is 70. The molecule has 476 valence electrons. The summed E-state index contributed by atoms with van der Waals surface area (Å²) in [5.41, 5.74) is 0. The molecule has 0 aliphatic carbocycles. The second-order valence-corrected chi connectivity index (χ2v) is 25.6. The molecule has 0 spiro atoms. The smallest absolute Gasteiger partial charge is 0.306 e. The molecule has 0 heterocycles. The zero-order chi connectivity index (χ0) is 57.8. The van der Waals surface area contributed by atoms with Gasteiger partial charge in [-0.15, -0.1) is 0 Å². The standard InChI is InChI=1S/C74H144O6/c1-4-7-10-13-16-18-20-22-24-26-28-30-32-33-34-35-36-37-38-39-40-41-42-43-45-46-48-50-52-54-56-58-61-64-67-73(76)79-70-71(69-78-72(75)66-63-60-15-12-9-6-3)80-74(77)68-65-62-59-57-55-53-51-49-47-44-31-29-27-25-23-21-19-17-14-11-8-5-2/h71H,4-70H2,1-3H3. The Balaban J connectivity index is 3.87. The molecule has 1 unspecified atom stereocenters. The summed E-state index contributed by atoms with van der Waals surface area (Å²) in [6.45, 7) is 6.68. The van der Waals surface area contributed by atoms with Crippen LogP contribution in [0.1, 0.15) is 438 Å². The van der Waals surface area contributed by atoms with Crippen molar-refractivity contribution >= 4 is 17.9 Å². The van der Waals surface area contributed by atoms with Gasteiger partial charge in [0.05, 0.1) is 0 Å². The molecule has 0 radical (unpaired) electrons. The van der Waals surface area contributed by atoms with E-state index in [0.717, 1.165) is 57.8 Å². The van der Waals surface area contributed by atoms with E-state index in [1.54, 1.807) is 0 Å². The van der Waals surface area contributed by atoms with Crippen molar-refractivity contribution in [3.05, 3.63) is 0 Å². The molecule has 0 fully saturated rings. The molecule has 0 N–H and O–H groups in total. The summed E-state index contributed by atoms with van der Waals surface area (Å²) in [7, 11) is 0. The average Bonchev–Trinajstić information content (AvgIpc) is 3.46. The fourth-order valence-corrected chi connectivity index (χ4v) is 11.8. The van der Waals surface area contributed by atoms with Crippen LogP contribution in [0.2, 0.25) is 0 Å². The number of carbonyl (C=O) groups is 3. The summed E-state index contributed by atoms with van der Waals surface area (Å²) in [4.78, 5) is 38.1. The minimum Gasteiger partial charge on any atom is -0.462 e. The van der Waals surface area contributed by atoms with E-state index in [1.165, 1.54) is 340 Å². The van der Waals surface area contributed by atoms with Crippen LogP contribution in [0.5, 0.6) is 0 Å². The lowest BCUT2D eigenvalue weighted by Gasteiger charge is -2.18. The van der Waals surface area contributed by atoms with Crippen molar-refractivity contribution in [2.24, 2.45) is 0 Å². The van der Waals surface area contributed by atoms with Gasteiger partial charge in [-0.3, -0.25) is 14.4 Å². The summed E-state index contributed by atoms with van der Waals surface area (Å²) < 4.78 is 16.9. The fraction of sp³-hybridized carbons (Fsp3) is 0.959. The van der Waals surface area contributed by atoms with Crippen molar-refractivity contribution < 1.29 is 28.6 Å². The van der Waals surface area contributed by atoms with Crippen LogP contribution < -0.4 is 0 Å². The van der Waals surface area contributed by atoms with Gasteiger partial charge in [-0.2, -0.15) is 0 Å². The Hall–Kier alpha value is -1.59. The molecule has 0 rings (SSSR count). The molecular formula is C74H144O6. The van der Waals surface area contributed by atoms with E-state index in [4.69, 9.17) is 14.2 Å². The molecule has 6 heteroatoms. The van der Waals surface area contributed by atoms with Crippen molar-refractivity contribution in [1.29, 1.82) is 0 Å². The average molecular weight is 1130 g/mol. The van der Waals surface area contributed by atoms with Crippen molar-refractivity contribution in [2.75, 3.05) is 13.2 Å². The Bertz CT molecular complexity index is 1200. The number of hydrogen-bond acceptors (Lipinski definition) is 6. The maximum absolute atomic E-state index is 12.9. The van der Waals surface area contributed by atoms with Gasteiger partial charge in [0.15, 0.2) is 6.10 Å². The molecular weight excluding hydrogens is 985 g/mol. The van der Waals surface area contributed by atoms with E-state index in [2.05, 4.69) is 20.8 Å². The number of ether oxygens (including phenoxy) is 3. The SMILES string of the molecule is CCCCCCCCCCCCCCCCCCCCCCCCCCCCCCCCCCCCC(=O)OCC(COC(=O)CCCCCCCC)OC(=O)CCCCCCCCCCCCCCCCCCCCCCCC. The van der Waals surface area contributed by atoms with Crippen molar-refractivity contribution in [1.82, 2.24) is 0 Å². The largest absolute Gasteiger partial charge is 0.462 e. The number of unbranched alkanes of at least 4 members (excludes halogenated alkanes) is 59. The van der Waals surface area contributed by atoms with Crippen LogP contribution in [0.15, 0.2) is 0 Å². The van der Waals surface area contributed by atoms with Crippen molar-refractivity contribution in [3.8, 4) is 0 Å². The van der Waals surface area contributed by atoms with Crippen LogP contribution in [-0.2, 0) is 28.6 Å². The van der Waals surface area contributed by atoms with Crippen LogP contribution in [0.3, 0.4) is 0 Å². The van der Waals surface area contributed by atoms with Crippen molar-refractivity contribution in [3.63, 3.8) is 0 Å². The zero-order valence-corrected chi connectivity index (χ0v) is 54.9. The van der Waals surface area contributed by atoms with Gasteiger partial charge >= 0.3 is 17.9 Å². The predicted octanol–water partition coefficient (Wildman–Crippen LogP) is 25.4. The zero-order valence-electron chi connectivity index (χ0n) is 54.9. The van der Waals surface area contributed by atoms with Crippen LogP contribution in [-0.4, -0.2) is 37.2 Å². The molecule has 80 heavy (non-hydrogen) atoms. The summed E-state index contributed by atoms with van der Waals surface area (Å²) in [6.07, 6.45) is 83.5. The molecule has 0 aromatic carbocycles. The summed E-state index contributed by atoms with van der Waals surface area (Å²) in [6, 6.07) is 0. The molecule has 0 aromatic rings. The van der Waals surface area contributed by atoms with Gasteiger partial charge < -0.3 is 14.2 Å². The molecule has 0 aromatic heterocycles. The van der Waals surface area contributed by atoms with Gasteiger partial charge in [0, 0.05) is 19.3 Å². The first-order valence-corrected chi connectivity index (χ1v) is 37.0. The number of hydrogen-bond donors (Lipinski definition) is 0. The molecule has 0 aliphatic rings. The minimum atomic E-state index is -0.761. The lowest BCUT2D eigenvalue weighted by molar-refractivity contribution is -0.167. The first-order chi connectivity index (χ1) is 39.5. The fourth-order valence-electron chi connectivity index (χ4n) is 11.8. The molecule has 0 saturated carbocycles. The Kier molecular flexibility index (Phi) is 68.5. The summed E-state index contributed by atoms with van der Waals surface area (Å²) in [5, 5.41) is 0.